The Hall–Kier alpha value is -3.58. The standard InChI is InChI=1S/C21H16N4O2S/c26-19-11-10-18(24-25(19)14-15-4-2-1-3-5-15)20(27)23-17-8-6-16(7-9-17)21-22-12-13-28-21/h1-13H,14H2,(H,23,27). The first-order valence-corrected chi connectivity index (χ1v) is 9.50. The van der Waals surface area contributed by atoms with Gasteiger partial charge in [-0.25, -0.2) is 9.67 Å². The minimum absolute atomic E-state index is 0.180. The molecule has 2 aromatic heterocycles. The van der Waals surface area contributed by atoms with E-state index in [0.717, 1.165) is 16.1 Å². The molecule has 0 unspecified atom stereocenters. The highest BCUT2D eigenvalue weighted by Gasteiger charge is 2.11. The van der Waals surface area contributed by atoms with Gasteiger partial charge in [0.25, 0.3) is 11.5 Å². The molecule has 1 N–H and O–H groups in total. The topological polar surface area (TPSA) is 76.9 Å². The van der Waals surface area contributed by atoms with E-state index in [1.165, 1.54) is 16.8 Å². The predicted octanol–water partition coefficient (Wildman–Crippen LogP) is 3.67. The molecule has 0 aliphatic heterocycles. The van der Waals surface area contributed by atoms with Gasteiger partial charge in [0.05, 0.1) is 6.54 Å². The van der Waals surface area contributed by atoms with Crippen molar-refractivity contribution in [1.29, 1.82) is 0 Å². The van der Waals surface area contributed by atoms with Gasteiger partial charge in [0.2, 0.25) is 0 Å². The molecule has 0 bridgehead atoms. The number of carbonyl (C=O) groups excluding carboxylic acids is 1. The van der Waals surface area contributed by atoms with E-state index < -0.39 is 0 Å². The van der Waals surface area contributed by atoms with Crippen molar-refractivity contribution in [1.82, 2.24) is 14.8 Å². The molecule has 7 heteroatoms. The highest BCUT2D eigenvalue weighted by atomic mass is 32.1. The summed E-state index contributed by atoms with van der Waals surface area (Å²) in [4.78, 5) is 28.9. The van der Waals surface area contributed by atoms with Gasteiger partial charge in [-0.1, -0.05) is 30.3 Å². The van der Waals surface area contributed by atoms with E-state index in [4.69, 9.17) is 0 Å². The van der Waals surface area contributed by atoms with Crippen LogP contribution in [0.3, 0.4) is 0 Å². The van der Waals surface area contributed by atoms with Gasteiger partial charge in [-0.05, 0) is 35.9 Å². The summed E-state index contributed by atoms with van der Waals surface area (Å²) < 4.78 is 1.29. The number of carbonyl (C=O) groups is 1. The molecule has 2 aromatic carbocycles. The van der Waals surface area contributed by atoms with E-state index in [9.17, 15) is 9.59 Å². The molecule has 1 amide bonds. The fourth-order valence-electron chi connectivity index (χ4n) is 2.70. The predicted molar refractivity (Wildman–Crippen MR) is 110 cm³/mol. The molecule has 4 aromatic rings. The number of nitrogens with zero attached hydrogens (tertiary/aromatic N) is 3. The molecule has 0 saturated heterocycles. The van der Waals surface area contributed by atoms with E-state index >= 15 is 0 Å². The van der Waals surface area contributed by atoms with Crippen molar-refractivity contribution in [3.63, 3.8) is 0 Å². The lowest BCUT2D eigenvalue weighted by molar-refractivity contribution is 0.102. The van der Waals surface area contributed by atoms with Crippen molar-refractivity contribution in [2.24, 2.45) is 0 Å². The van der Waals surface area contributed by atoms with Crippen LogP contribution < -0.4 is 10.9 Å². The van der Waals surface area contributed by atoms with Crippen LogP contribution in [0.15, 0.2) is 83.1 Å². The van der Waals surface area contributed by atoms with Crippen molar-refractivity contribution < 1.29 is 4.79 Å². The van der Waals surface area contributed by atoms with Gasteiger partial charge in [0, 0.05) is 28.9 Å². The number of benzene rings is 2. The number of amides is 1. The first-order valence-electron chi connectivity index (χ1n) is 8.62. The van der Waals surface area contributed by atoms with Crippen LogP contribution in [0.25, 0.3) is 10.6 Å². The zero-order valence-electron chi connectivity index (χ0n) is 14.8. The van der Waals surface area contributed by atoms with Gasteiger partial charge >= 0.3 is 0 Å². The van der Waals surface area contributed by atoms with Gasteiger partial charge in [0.1, 0.15) is 10.7 Å². The number of hydrogen-bond donors (Lipinski definition) is 1. The van der Waals surface area contributed by atoms with Gasteiger partial charge in [-0.15, -0.1) is 11.3 Å². The van der Waals surface area contributed by atoms with Crippen molar-refractivity contribution in [2.45, 2.75) is 6.54 Å². The maximum Gasteiger partial charge on any atom is 0.276 e. The number of hydrogen-bond acceptors (Lipinski definition) is 5. The second kappa shape index (κ2) is 7.98. The van der Waals surface area contributed by atoms with Crippen LogP contribution in [0.2, 0.25) is 0 Å². The largest absolute Gasteiger partial charge is 0.321 e. The van der Waals surface area contributed by atoms with Gasteiger partial charge in [0.15, 0.2) is 0 Å². The molecule has 0 atom stereocenters. The molecule has 0 spiro atoms. The van der Waals surface area contributed by atoms with E-state index in [0.29, 0.717) is 12.2 Å². The Morgan fingerprint density at radius 1 is 1.00 bits per heavy atom. The normalized spacial score (nSPS) is 10.6. The molecule has 138 valence electrons. The number of anilines is 1. The Morgan fingerprint density at radius 2 is 1.79 bits per heavy atom. The first kappa shape index (κ1) is 17.8. The molecule has 2 heterocycles. The van der Waals surface area contributed by atoms with Crippen LogP contribution in [0.5, 0.6) is 0 Å². The Labute approximate surface area is 165 Å². The monoisotopic (exact) mass is 388 g/mol. The summed E-state index contributed by atoms with van der Waals surface area (Å²) in [6.07, 6.45) is 1.76. The first-order chi connectivity index (χ1) is 13.7. The summed E-state index contributed by atoms with van der Waals surface area (Å²) in [7, 11) is 0. The quantitative estimate of drug-likeness (QED) is 0.566. The summed E-state index contributed by atoms with van der Waals surface area (Å²) in [5.74, 6) is -0.371. The van der Waals surface area contributed by atoms with Crippen LogP contribution in [0.1, 0.15) is 16.1 Å². The Balaban J connectivity index is 1.50. The van der Waals surface area contributed by atoms with E-state index in [1.54, 1.807) is 17.5 Å². The molecular formula is C21H16N4O2S. The highest BCUT2D eigenvalue weighted by Crippen LogP contribution is 2.23. The SMILES string of the molecule is O=C(Nc1ccc(-c2nccs2)cc1)c1ccc(=O)n(Cc2ccccc2)n1. The number of rotatable bonds is 5. The number of thiazole rings is 1. The molecule has 0 radical (unpaired) electrons. The average Bonchev–Trinajstić information content (AvgIpc) is 3.26. The van der Waals surface area contributed by atoms with Gasteiger partial charge in [-0.3, -0.25) is 9.59 Å². The lowest BCUT2D eigenvalue weighted by Gasteiger charge is -2.08. The summed E-state index contributed by atoms with van der Waals surface area (Å²) in [5, 5.41) is 9.85. The molecule has 6 nitrogen and oxygen atoms in total. The van der Waals surface area contributed by atoms with E-state index in [-0.39, 0.29) is 17.2 Å². The minimum atomic E-state index is -0.371. The lowest BCUT2D eigenvalue weighted by atomic mass is 10.2. The second-order valence-electron chi connectivity index (χ2n) is 6.07. The van der Waals surface area contributed by atoms with Crippen LogP contribution in [-0.4, -0.2) is 20.7 Å². The third-order valence-electron chi connectivity index (χ3n) is 4.10. The van der Waals surface area contributed by atoms with Crippen molar-refractivity contribution in [2.75, 3.05) is 5.32 Å². The minimum Gasteiger partial charge on any atom is -0.321 e. The molecule has 0 aliphatic carbocycles. The average molecular weight is 388 g/mol. The zero-order chi connectivity index (χ0) is 19.3. The second-order valence-corrected chi connectivity index (χ2v) is 6.96. The van der Waals surface area contributed by atoms with Crippen LogP contribution in [0.4, 0.5) is 5.69 Å². The maximum atomic E-state index is 12.5. The lowest BCUT2D eigenvalue weighted by Crippen LogP contribution is -2.26. The van der Waals surface area contributed by atoms with E-state index in [2.05, 4.69) is 15.4 Å². The Kier molecular flexibility index (Phi) is 5.07. The third-order valence-corrected chi connectivity index (χ3v) is 4.92. The fraction of sp³-hybridized carbons (Fsp3) is 0.0476. The van der Waals surface area contributed by atoms with Crippen LogP contribution >= 0.6 is 11.3 Å². The summed E-state index contributed by atoms with van der Waals surface area (Å²) >= 11 is 1.56. The van der Waals surface area contributed by atoms with Crippen molar-refractivity contribution >= 4 is 22.9 Å². The number of nitrogens with one attached hydrogen (secondary N) is 1. The molecule has 28 heavy (non-hydrogen) atoms. The highest BCUT2D eigenvalue weighted by molar-refractivity contribution is 7.13. The van der Waals surface area contributed by atoms with Crippen LogP contribution in [0, 0.1) is 0 Å². The third kappa shape index (κ3) is 4.05. The summed E-state index contributed by atoms with van der Waals surface area (Å²) in [6.45, 7) is 0.309. The van der Waals surface area contributed by atoms with Crippen molar-refractivity contribution in [3.8, 4) is 10.6 Å². The smallest absolute Gasteiger partial charge is 0.276 e. The number of aromatic nitrogens is 3. The Bertz CT molecular complexity index is 1140. The van der Waals surface area contributed by atoms with Gasteiger partial charge in [-0.2, -0.15) is 5.10 Å². The van der Waals surface area contributed by atoms with E-state index in [1.807, 2.05) is 60.0 Å². The summed E-state index contributed by atoms with van der Waals surface area (Å²) in [6, 6.07) is 19.7. The van der Waals surface area contributed by atoms with Crippen LogP contribution in [-0.2, 0) is 6.54 Å². The van der Waals surface area contributed by atoms with Gasteiger partial charge < -0.3 is 5.32 Å². The molecule has 0 fully saturated rings. The van der Waals surface area contributed by atoms with Crippen molar-refractivity contribution in [3.05, 3.63) is 99.9 Å². The molecule has 0 aliphatic rings. The summed E-state index contributed by atoms with van der Waals surface area (Å²) in [5.41, 5.74) is 2.50. The molecule has 0 saturated carbocycles. The fourth-order valence-corrected chi connectivity index (χ4v) is 3.34. The molecular weight excluding hydrogens is 372 g/mol. The maximum absolute atomic E-state index is 12.5. The Morgan fingerprint density at radius 3 is 2.50 bits per heavy atom. The molecule has 4 rings (SSSR count). The zero-order valence-corrected chi connectivity index (χ0v) is 15.6.